The molecule has 4 heteroatoms. The Morgan fingerprint density at radius 3 is 1.32 bits per heavy atom. The van der Waals surface area contributed by atoms with E-state index in [1.807, 2.05) is 0 Å². The van der Waals surface area contributed by atoms with E-state index in [9.17, 15) is 9.59 Å². The number of carbonyl (C=O) groups excluding carboxylic acids is 2. The minimum atomic E-state index is -0.425. The van der Waals surface area contributed by atoms with E-state index in [2.05, 4.69) is 41.5 Å². The summed E-state index contributed by atoms with van der Waals surface area (Å²) < 4.78 is 11.5. The lowest BCUT2D eigenvalue weighted by Gasteiger charge is -2.38. The second-order valence-electron chi connectivity index (χ2n) is 11.4. The summed E-state index contributed by atoms with van der Waals surface area (Å²) in [6, 6.07) is 0. The summed E-state index contributed by atoms with van der Waals surface area (Å²) in [5.74, 6) is 0.384. The Kier molecular flexibility index (Phi) is 4.34. The predicted octanol–water partition coefficient (Wildman–Crippen LogP) is 5.06. The molecule has 6 atom stereocenters. The van der Waals surface area contributed by atoms with Crippen molar-refractivity contribution in [3.8, 4) is 0 Å². The lowest BCUT2D eigenvalue weighted by Crippen LogP contribution is -2.38. The van der Waals surface area contributed by atoms with Crippen molar-refractivity contribution in [1.82, 2.24) is 0 Å². The molecule has 0 aromatic heterocycles. The van der Waals surface area contributed by atoms with Gasteiger partial charge in [-0.05, 0) is 61.2 Å². The Hall–Kier alpha value is -1.32. The zero-order chi connectivity index (χ0) is 20.5. The zero-order valence-electron chi connectivity index (χ0n) is 18.3. The van der Waals surface area contributed by atoms with Gasteiger partial charge in [-0.15, -0.1) is 0 Å². The van der Waals surface area contributed by atoms with Crippen molar-refractivity contribution in [3.63, 3.8) is 0 Å². The maximum Gasteiger partial charge on any atom is 0.331 e. The molecule has 4 aliphatic carbocycles. The number of ether oxygens (including phenoxy) is 2. The van der Waals surface area contributed by atoms with Crippen molar-refractivity contribution < 1.29 is 19.1 Å². The molecule has 4 bridgehead atoms. The Bertz CT molecular complexity index is 660. The second-order valence-corrected chi connectivity index (χ2v) is 11.4. The van der Waals surface area contributed by atoms with E-state index >= 15 is 0 Å². The fourth-order valence-electron chi connectivity index (χ4n) is 7.11. The first-order valence-electron chi connectivity index (χ1n) is 11.0. The second kappa shape index (κ2) is 6.09. The summed E-state index contributed by atoms with van der Waals surface area (Å²) in [5, 5.41) is 0. The first kappa shape index (κ1) is 20.0. The van der Waals surface area contributed by atoms with Gasteiger partial charge in [0.1, 0.15) is 12.2 Å². The van der Waals surface area contributed by atoms with E-state index < -0.39 is 11.9 Å². The van der Waals surface area contributed by atoms with Crippen LogP contribution in [0, 0.1) is 33.5 Å². The number of rotatable bonds is 4. The number of hydrogen-bond acceptors (Lipinski definition) is 4. The van der Waals surface area contributed by atoms with Crippen molar-refractivity contribution >= 4 is 11.9 Å². The van der Waals surface area contributed by atoms with Gasteiger partial charge in [0.25, 0.3) is 0 Å². The highest BCUT2D eigenvalue weighted by Gasteiger charge is 2.63. The van der Waals surface area contributed by atoms with Crippen molar-refractivity contribution in [2.75, 3.05) is 0 Å². The monoisotopic (exact) mass is 388 g/mol. The molecular weight excluding hydrogens is 352 g/mol. The third-order valence-electron chi connectivity index (χ3n) is 10.3. The highest BCUT2D eigenvalue weighted by atomic mass is 16.6. The van der Waals surface area contributed by atoms with Crippen LogP contribution in [0.4, 0.5) is 0 Å². The molecule has 0 amide bonds. The lowest BCUT2D eigenvalue weighted by atomic mass is 9.70. The summed E-state index contributed by atoms with van der Waals surface area (Å²) in [6.07, 6.45) is 8.91. The average Bonchev–Trinajstić information content (AvgIpc) is 3.12. The molecule has 4 saturated carbocycles. The molecule has 0 radical (unpaired) electrons. The molecule has 0 aliphatic heterocycles. The van der Waals surface area contributed by atoms with Gasteiger partial charge in [0.15, 0.2) is 0 Å². The molecule has 0 aromatic rings. The summed E-state index contributed by atoms with van der Waals surface area (Å²) in [6.45, 7) is 13.7. The zero-order valence-corrected chi connectivity index (χ0v) is 18.3. The molecule has 4 fully saturated rings. The molecule has 0 saturated heterocycles. The molecule has 0 spiro atoms. The molecule has 0 aromatic carbocycles. The topological polar surface area (TPSA) is 52.6 Å². The lowest BCUT2D eigenvalue weighted by molar-refractivity contribution is -0.153. The first-order chi connectivity index (χ1) is 12.9. The van der Waals surface area contributed by atoms with Crippen molar-refractivity contribution in [1.29, 1.82) is 0 Å². The van der Waals surface area contributed by atoms with Crippen LogP contribution in [0.1, 0.15) is 80.1 Å². The Morgan fingerprint density at radius 1 is 0.714 bits per heavy atom. The Morgan fingerprint density at radius 2 is 1.07 bits per heavy atom. The van der Waals surface area contributed by atoms with Crippen molar-refractivity contribution in [2.24, 2.45) is 33.5 Å². The van der Waals surface area contributed by atoms with E-state index in [0.717, 1.165) is 25.7 Å². The standard InChI is InChI=1S/C24H36O4/c1-21(2)15-9-11-23(21,5)17(13-15)27-19(25)7-8-20(26)28-18-14-16-10-12-24(18,6)22(16,3)4/h7-8,15-18H,9-14H2,1-6H3/b8-7+/t15-,16-,17+,18+,23+,24+/m0/s1. The number of fused-ring (bicyclic) bond motifs is 4. The minimum Gasteiger partial charge on any atom is -0.459 e. The smallest absolute Gasteiger partial charge is 0.331 e. The van der Waals surface area contributed by atoms with Crippen LogP contribution in [0.3, 0.4) is 0 Å². The molecule has 0 N–H and O–H groups in total. The highest BCUT2D eigenvalue weighted by molar-refractivity contribution is 5.91. The van der Waals surface area contributed by atoms with Gasteiger partial charge >= 0.3 is 11.9 Å². The van der Waals surface area contributed by atoms with Gasteiger partial charge in [-0.1, -0.05) is 41.5 Å². The molecular formula is C24H36O4. The fourth-order valence-corrected chi connectivity index (χ4v) is 7.11. The number of carbonyl (C=O) groups is 2. The van der Waals surface area contributed by atoms with Gasteiger partial charge in [-0.25, -0.2) is 9.59 Å². The normalized spacial score (nSPS) is 44.9. The summed E-state index contributed by atoms with van der Waals surface area (Å²) >= 11 is 0. The molecule has 4 nitrogen and oxygen atoms in total. The summed E-state index contributed by atoms with van der Waals surface area (Å²) in [5.41, 5.74) is 0.463. The Balaban J connectivity index is 1.33. The van der Waals surface area contributed by atoms with E-state index in [1.165, 1.54) is 25.0 Å². The third kappa shape index (κ3) is 2.55. The van der Waals surface area contributed by atoms with Gasteiger partial charge in [-0.2, -0.15) is 0 Å². The van der Waals surface area contributed by atoms with Gasteiger partial charge in [0.05, 0.1) is 0 Å². The summed E-state index contributed by atoms with van der Waals surface area (Å²) in [4.78, 5) is 24.7. The summed E-state index contributed by atoms with van der Waals surface area (Å²) in [7, 11) is 0. The fraction of sp³-hybridized carbons (Fsp3) is 0.833. The highest BCUT2D eigenvalue weighted by Crippen LogP contribution is 2.67. The Labute approximate surface area is 169 Å². The SMILES string of the molecule is CC1(C)[C@H]2CC[C@]1(C)[C@H](OC(=O)/C=C/C(=O)O[C@@H]1C[C@@H]3CC[C@@]1(C)C3(C)C)C2. The van der Waals surface area contributed by atoms with Gasteiger partial charge in [0.2, 0.25) is 0 Å². The quantitative estimate of drug-likeness (QED) is 0.499. The average molecular weight is 389 g/mol. The molecule has 0 heterocycles. The molecule has 4 rings (SSSR count). The van der Waals surface area contributed by atoms with E-state index in [0.29, 0.717) is 11.8 Å². The maximum absolute atomic E-state index is 12.3. The predicted molar refractivity (Wildman–Crippen MR) is 107 cm³/mol. The third-order valence-corrected chi connectivity index (χ3v) is 10.3. The van der Waals surface area contributed by atoms with Crippen LogP contribution in [-0.4, -0.2) is 24.1 Å². The molecule has 156 valence electrons. The van der Waals surface area contributed by atoms with Crippen LogP contribution in [0.2, 0.25) is 0 Å². The number of hydrogen-bond donors (Lipinski definition) is 0. The van der Waals surface area contributed by atoms with Gasteiger partial charge in [-0.3, -0.25) is 0 Å². The van der Waals surface area contributed by atoms with Crippen LogP contribution < -0.4 is 0 Å². The minimum absolute atomic E-state index is 0.0327. The van der Waals surface area contributed by atoms with E-state index in [4.69, 9.17) is 9.47 Å². The van der Waals surface area contributed by atoms with Crippen molar-refractivity contribution in [3.05, 3.63) is 12.2 Å². The first-order valence-corrected chi connectivity index (χ1v) is 11.0. The van der Waals surface area contributed by atoms with E-state index in [1.54, 1.807) is 0 Å². The maximum atomic E-state index is 12.3. The van der Waals surface area contributed by atoms with E-state index in [-0.39, 0.29) is 33.9 Å². The van der Waals surface area contributed by atoms with Crippen molar-refractivity contribution in [2.45, 2.75) is 92.3 Å². The van der Waals surface area contributed by atoms with Crippen LogP contribution in [-0.2, 0) is 19.1 Å². The van der Waals surface area contributed by atoms with Crippen LogP contribution >= 0.6 is 0 Å². The molecule has 4 aliphatic rings. The molecule has 28 heavy (non-hydrogen) atoms. The van der Waals surface area contributed by atoms with Crippen LogP contribution in [0.15, 0.2) is 12.2 Å². The van der Waals surface area contributed by atoms with Crippen LogP contribution in [0.5, 0.6) is 0 Å². The molecule has 0 unspecified atom stereocenters. The van der Waals surface area contributed by atoms with Gasteiger partial charge < -0.3 is 9.47 Å². The van der Waals surface area contributed by atoms with Crippen LogP contribution in [0.25, 0.3) is 0 Å². The number of esters is 2. The van der Waals surface area contributed by atoms with Gasteiger partial charge in [0, 0.05) is 23.0 Å². The largest absolute Gasteiger partial charge is 0.459 e.